The van der Waals surface area contributed by atoms with Crippen LogP contribution in [0, 0.1) is 0 Å². The van der Waals surface area contributed by atoms with Crippen LogP contribution in [-0.2, 0) is 10.0 Å². The number of nitrogens with zero attached hydrogens (tertiary/aromatic N) is 2. The fourth-order valence-corrected chi connectivity index (χ4v) is 0.995. The first-order valence-electron chi connectivity index (χ1n) is 2.44. The van der Waals surface area contributed by atoms with Crippen molar-refractivity contribution in [1.82, 2.24) is 9.19 Å². The van der Waals surface area contributed by atoms with Crippen molar-refractivity contribution < 1.29 is 13.5 Å². The van der Waals surface area contributed by atoms with Crippen LogP contribution in [0.4, 0.5) is 0 Å². The van der Waals surface area contributed by atoms with Crippen molar-refractivity contribution in [2.75, 3.05) is 6.26 Å². The Hall–Kier alpha value is -1.04. The number of aromatic nitrogens is 2. The number of hydrogen-bond donors (Lipinski definition) is 1. The first-order valence-corrected chi connectivity index (χ1v) is 4.29. The van der Waals surface area contributed by atoms with E-state index in [4.69, 9.17) is 5.11 Å². The Morgan fingerprint density at radius 3 is 2.50 bits per heavy atom. The monoisotopic (exact) mass is 162 g/mol. The average Bonchev–Trinajstić information content (AvgIpc) is 2.11. The molecule has 10 heavy (non-hydrogen) atoms. The van der Waals surface area contributed by atoms with Gasteiger partial charge in [0, 0.05) is 0 Å². The summed E-state index contributed by atoms with van der Waals surface area (Å²) in [6.07, 6.45) is 3.08. The SMILES string of the molecule is CS(=O)(=O)n1cc(O)cn1. The predicted molar refractivity (Wildman–Crippen MR) is 34.1 cm³/mol. The first kappa shape index (κ1) is 7.07. The first-order chi connectivity index (χ1) is 4.50. The lowest BCUT2D eigenvalue weighted by molar-refractivity contribution is 0.475. The van der Waals surface area contributed by atoms with Gasteiger partial charge in [-0.1, -0.05) is 0 Å². The van der Waals surface area contributed by atoms with Gasteiger partial charge in [-0.05, 0) is 0 Å². The maximum atomic E-state index is 10.6. The Bertz CT molecular complexity index is 326. The van der Waals surface area contributed by atoms with Crippen LogP contribution in [0.25, 0.3) is 0 Å². The van der Waals surface area contributed by atoms with Crippen LogP contribution in [0.5, 0.6) is 5.75 Å². The molecule has 0 saturated carbocycles. The molecule has 0 amide bonds. The van der Waals surface area contributed by atoms with E-state index in [0.717, 1.165) is 18.6 Å². The van der Waals surface area contributed by atoms with E-state index in [-0.39, 0.29) is 5.75 Å². The second-order valence-electron chi connectivity index (χ2n) is 1.83. The zero-order valence-corrected chi connectivity index (χ0v) is 6.04. The lowest BCUT2D eigenvalue weighted by Crippen LogP contribution is -2.09. The normalized spacial score (nSPS) is 11.7. The van der Waals surface area contributed by atoms with Gasteiger partial charge in [-0.25, -0.2) is 8.42 Å². The summed E-state index contributed by atoms with van der Waals surface area (Å²) in [6.45, 7) is 0. The van der Waals surface area contributed by atoms with Crippen molar-refractivity contribution in [2.24, 2.45) is 0 Å². The fourth-order valence-electron chi connectivity index (χ4n) is 0.477. The molecule has 0 unspecified atom stereocenters. The molecule has 0 bridgehead atoms. The Morgan fingerprint density at radius 1 is 1.70 bits per heavy atom. The third kappa shape index (κ3) is 1.27. The highest BCUT2D eigenvalue weighted by Gasteiger charge is 2.05. The molecule has 1 N–H and O–H groups in total. The summed E-state index contributed by atoms with van der Waals surface area (Å²) >= 11 is 0. The van der Waals surface area contributed by atoms with Gasteiger partial charge in [-0.15, -0.1) is 0 Å². The van der Waals surface area contributed by atoms with Gasteiger partial charge < -0.3 is 5.11 Å². The summed E-state index contributed by atoms with van der Waals surface area (Å²) in [5.41, 5.74) is 0. The van der Waals surface area contributed by atoms with E-state index in [1.807, 2.05) is 0 Å². The minimum atomic E-state index is -3.34. The number of aromatic hydroxyl groups is 1. The van der Waals surface area contributed by atoms with E-state index in [9.17, 15) is 8.42 Å². The van der Waals surface area contributed by atoms with Gasteiger partial charge in [0.15, 0.2) is 5.75 Å². The van der Waals surface area contributed by atoms with Gasteiger partial charge in [-0.2, -0.15) is 9.19 Å². The Labute approximate surface area is 58.0 Å². The lowest BCUT2D eigenvalue weighted by Gasteiger charge is -1.92. The fraction of sp³-hybridized carbons (Fsp3) is 0.250. The molecular formula is C4H6N2O3S. The van der Waals surface area contributed by atoms with Gasteiger partial charge in [0.1, 0.15) is 0 Å². The van der Waals surface area contributed by atoms with Gasteiger partial charge in [0.05, 0.1) is 18.6 Å². The molecule has 0 spiro atoms. The molecule has 0 atom stereocenters. The van der Waals surface area contributed by atoms with Gasteiger partial charge >= 0.3 is 0 Å². The van der Waals surface area contributed by atoms with Crippen molar-refractivity contribution in [3.05, 3.63) is 12.4 Å². The van der Waals surface area contributed by atoms with E-state index < -0.39 is 10.0 Å². The van der Waals surface area contributed by atoms with Gasteiger partial charge in [-0.3, -0.25) is 0 Å². The molecule has 1 aromatic rings. The average molecular weight is 162 g/mol. The predicted octanol–water partition coefficient (Wildman–Crippen LogP) is -0.604. The van der Waals surface area contributed by atoms with Crippen LogP contribution in [0.15, 0.2) is 12.4 Å². The Morgan fingerprint density at radius 2 is 2.30 bits per heavy atom. The van der Waals surface area contributed by atoms with Crippen molar-refractivity contribution in [2.45, 2.75) is 0 Å². The van der Waals surface area contributed by atoms with Gasteiger partial charge in [0.25, 0.3) is 10.0 Å². The minimum absolute atomic E-state index is 0.162. The van der Waals surface area contributed by atoms with Crippen molar-refractivity contribution in [3.63, 3.8) is 0 Å². The Kier molecular flexibility index (Phi) is 1.40. The molecule has 1 heterocycles. The molecule has 0 fully saturated rings. The highest BCUT2D eigenvalue weighted by atomic mass is 32.2. The van der Waals surface area contributed by atoms with Crippen LogP contribution in [0.1, 0.15) is 0 Å². The minimum Gasteiger partial charge on any atom is -0.505 e. The zero-order valence-electron chi connectivity index (χ0n) is 5.22. The van der Waals surface area contributed by atoms with Crippen LogP contribution in [0.2, 0.25) is 0 Å². The molecular weight excluding hydrogens is 156 g/mol. The van der Waals surface area contributed by atoms with E-state index in [1.165, 1.54) is 0 Å². The number of rotatable bonds is 1. The second kappa shape index (κ2) is 1.98. The second-order valence-corrected chi connectivity index (χ2v) is 3.67. The smallest absolute Gasteiger partial charge is 0.250 e. The Balaban J connectivity index is 3.21. The maximum Gasteiger partial charge on any atom is 0.250 e. The third-order valence-corrected chi connectivity index (χ3v) is 1.77. The van der Waals surface area contributed by atoms with Crippen molar-refractivity contribution in [3.8, 4) is 5.75 Å². The van der Waals surface area contributed by atoms with E-state index >= 15 is 0 Å². The molecule has 0 saturated heterocycles. The third-order valence-electron chi connectivity index (χ3n) is 0.886. The highest BCUT2D eigenvalue weighted by molar-refractivity contribution is 7.89. The summed E-state index contributed by atoms with van der Waals surface area (Å²) in [7, 11) is -3.34. The standard InChI is InChI=1S/C4H6N2O3S/c1-10(8,9)6-3-4(7)2-5-6/h2-3,7H,1H3. The molecule has 0 aliphatic carbocycles. The molecule has 0 aliphatic rings. The largest absolute Gasteiger partial charge is 0.505 e. The van der Waals surface area contributed by atoms with E-state index in [2.05, 4.69) is 5.10 Å². The molecule has 0 aliphatic heterocycles. The van der Waals surface area contributed by atoms with Crippen LogP contribution in [0.3, 0.4) is 0 Å². The molecule has 0 radical (unpaired) electrons. The van der Waals surface area contributed by atoms with E-state index in [0.29, 0.717) is 4.09 Å². The molecule has 6 heteroatoms. The molecule has 5 nitrogen and oxygen atoms in total. The quantitative estimate of drug-likeness (QED) is 0.598. The zero-order chi connectivity index (χ0) is 7.78. The molecule has 56 valence electrons. The van der Waals surface area contributed by atoms with Gasteiger partial charge in [0.2, 0.25) is 0 Å². The summed E-state index contributed by atoms with van der Waals surface area (Å²) in [5, 5.41) is 12.0. The topological polar surface area (TPSA) is 72.2 Å². The van der Waals surface area contributed by atoms with Crippen LogP contribution >= 0.6 is 0 Å². The summed E-state index contributed by atoms with van der Waals surface area (Å²) < 4.78 is 22.0. The van der Waals surface area contributed by atoms with Crippen LogP contribution < -0.4 is 0 Å². The lowest BCUT2D eigenvalue weighted by atomic mass is 10.7. The van der Waals surface area contributed by atoms with Crippen molar-refractivity contribution >= 4 is 10.0 Å². The maximum absolute atomic E-state index is 10.6. The number of hydrogen-bond acceptors (Lipinski definition) is 4. The molecule has 0 aromatic carbocycles. The van der Waals surface area contributed by atoms with Crippen molar-refractivity contribution in [1.29, 1.82) is 0 Å². The molecule has 1 aromatic heterocycles. The van der Waals surface area contributed by atoms with Crippen LogP contribution in [-0.4, -0.2) is 29.0 Å². The summed E-state index contributed by atoms with van der Waals surface area (Å²) in [6, 6.07) is 0. The summed E-state index contributed by atoms with van der Waals surface area (Å²) in [4.78, 5) is 0. The van der Waals surface area contributed by atoms with E-state index in [1.54, 1.807) is 0 Å². The highest BCUT2D eigenvalue weighted by Crippen LogP contribution is 2.05. The molecule has 1 rings (SSSR count). The summed E-state index contributed by atoms with van der Waals surface area (Å²) in [5.74, 6) is -0.162.